The molecular weight excluding hydrogens is 244 g/mol. The number of rotatable bonds is 7. The molecule has 1 aromatic rings. The molecule has 0 saturated heterocycles. The first-order valence-corrected chi connectivity index (χ1v) is 7.59. The minimum absolute atomic E-state index is 0.0426. The number of benzene rings is 1. The van der Waals surface area contributed by atoms with Crippen molar-refractivity contribution in [2.24, 2.45) is 0 Å². The molecule has 0 aromatic heterocycles. The fraction of sp³-hybridized carbons (Fsp3) is 0.500. The third-order valence-electron chi connectivity index (χ3n) is 2.62. The molecule has 0 heterocycles. The Bertz CT molecular complexity index is 380. The molecule has 0 fully saturated rings. The summed E-state index contributed by atoms with van der Waals surface area (Å²) in [5.41, 5.74) is 1.75. The average Bonchev–Trinajstić information content (AvgIpc) is 2.38. The lowest BCUT2D eigenvalue weighted by Crippen LogP contribution is -2.21. The van der Waals surface area contributed by atoms with Crippen molar-refractivity contribution in [2.75, 3.05) is 38.0 Å². The van der Waals surface area contributed by atoms with Gasteiger partial charge in [0.15, 0.2) is 0 Å². The van der Waals surface area contributed by atoms with E-state index in [-0.39, 0.29) is 5.91 Å². The molecule has 100 valence electrons. The summed E-state index contributed by atoms with van der Waals surface area (Å²) in [4.78, 5) is 13.4. The van der Waals surface area contributed by atoms with Crippen molar-refractivity contribution < 1.29 is 4.79 Å². The highest BCUT2D eigenvalue weighted by Gasteiger charge is 2.07. The smallest absolute Gasteiger partial charge is 0.253 e. The molecular formula is C14H22N2OS. The van der Waals surface area contributed by atoms with Crippen LogP contribution in [0.1, 0.15) is 23.2 Å². The third-order valence-corrected chi connectivity index (χ3v) is 3.32. The number of nitrogens with one attached hydrogen (secondary N) is 1. The zero-order valence-corrected chi connectivity index (χ0v) is 12.2. The molecule has 0 aliphatic carbocycles. The van der Waals surface area contributed by atoms with Crippen LogP contribution in [0.4, 0.5) is 5.69 Å². The molecule has 0 saturated carbocycles. The maximum atomic E-state index is 11.8. The van der Waals surface area contributed by atoms with Crippen LogP contribution in [0.5, 0.6) is 0 Å². The Morgan fingerprint density at radius 3 is 2.78 bits per heavy atom. The highest BCUT2D eigenvalue weighted by Crippen LogP contribution is 2.12. The SMILES string of the molecule is CSCCCCNc1cccc(C(=O)N(C)C)c1. The van der Waals surface area contributed by atoms with E-state index in [1.807, 2.05) is 36.0 Å². The van der Waals surface area contributed by atoms with Gasteiger partial charge in [0, 0.05) is 31.9 Å². The summed E-state index contributed by atoms with van der Waals surface area (Å²) in [6, 6.07) is 7.68. The number of unbranched alkanes of at least 4 members (excludes halogenated alkanes) is 1. The monoisotopic (exact) mass is 266 g/mol. The summed E-state index contributed by atoms with van der Waals surface area (Å²) in [7, 11) is 3.54. The number of hydrogen-bond donors (Lipinski definition) is 1. The highest BCUT2D eigenvalue weighted by atomic mass is 32.2. The molecule has 0 aliphatic rings. The van der Waals surface area contributed by atoms with Crippen LogP contribution in [0.15, 0.2) is 24.3 Å². The molecule has 0 bridgehead atoms. The Balaban J connectivity index is 2.47. The summed E-state index contributed by atoms with van der Waals surface area (Å²) < 4.78 is 0. The normalized spacial score (nSPS) is 10.2. The van der Waals surface area contributed by atoms with Crippen molar-refractivity contribution in [3.63, 3.8) is 0 Å². The van der Waals surface area contributed by atoms with E-state index < -0.39 is 0 Å². The first-order chi connectivity index (χ1) is 8.65. The summed E-state index contributed by atoms with van der Waals surface area (Å²) in [6.45, 7) is 0.959. The van der Waals surface area contributed by atoms with E-state index in [1.54, 1.807) is 19.0 Å². The number of amides is 1. The topological polar surface area (TPSA) is 32.3 Å². The van der Waals surface area contributed by atoms with Gasteiger partial charge in [-0.2, -0.15) is 11.8 Å². The molecule has 1 N–H and O–H groups in total. The number of anilines is 1. The number of carbonyl (C=O) groups excluding carboxylic acids is 1. The lowest BCUT2D eigenvalue weighted by Gasteiger charge is -2.12. The molecule has 0 atom stereocenters. The van der Waals surface area contributed by atoms with Crippen LogP contribution in [0.2, 0.25) is 0 Å². The van der Waals surface area contributed by atoms with Crippen molar-refractivity contribution in [3.05, 3.63) is 29.8 Å². The Morgan fingerprint density at radius 2 is 2.11 bits per heavy atom. The van der Waals surface area contributed by atoms with Gasteiger partial charge in [-0.1, -0.05) is 6.07 Å². The number of hydrogen-bond acceptors (Lipinski definition) is 3. The van der Waals surface area contributed by atoms with Gasteiger partial charge in [-0.3, -0.25) is 4.79 Å². The maximum absolute atomic E-state index is 11.8. The van der Waals surface area contributed by atoms with E-state index in [2.05, 4.69) is 11.6 Å². The fourth-order valence-electron chi connectivity index (χ4n) is 1.62. The highest BCUT2D eigenvalue weighted by molar-refractivity contribution is 7.98. The first kappa shape index (κ1) is 14.9. The van der Waals surface area contributed by atoms with Gasteiger partial charge in [-0.05, 0) is 43.0 Å². The van der Waals surface area contributed by atoms with Crippen molar-refractivity contribution >= 4 is 23.4 Å². The number of carbonyl (C=O) groups is 1. The lowest BCUT2D eigenvalue weighted by molar-refractivity contribution is 0.0827. The van der Waals surface area contributed by atoms with Crippen LogP contribution >= 0.6 is 11.8 Å². The van der Waals surface area contributed by atoms with Crippen LogP contribution in [-0.2, 0) is 0 Å². The van der Waals surface area contributed by atoms with E-state index in [0.717, 1.165) is 24.2 Å². The van der Waals surface area contributed by atoms with E-state index in [0.29, 0.717) is 0 Å². The van der Waals surface area contributed by atoms with Gasteiger partial charge in [0.2, 0.25) is 0 Å². The Hall–Kier alpha value is -1.16. The Morgan fingerprint density at radius 1 is 1.33 bits per heavy atom. The van der Waals surface area contributed by atoms with Gasteiger partial charge in [-0.15, -0.1) is 0 Å². The zero-order chi connectivity index (χ0) is 13.4. The summed E-state index contributed by atoms with van der Waals surface area (Å²) in [6.07, 6.45) is 4.51. The molecule has 1 rings (SSSR count). The number of thioether (sulfide) groups is 1. The average molecular weight is 266 g/mol. The minimum atomic E-state index is 0.0426. The van der Waals surface area contributed by atoms with Crippen molar-refractivity contribution in [3.8, 4) is 0 Å². The maximum Gasteiger partial charge on any atom is 0.253 e. The molecule has 0 spiro atoms. The second-order valence-corrected chi connectivity index (χ2v) is 5.39. The molecule has 18 heavy (non-hydrogen) atoms. The molecule has 0 radical (unpaired) electrons. The molecule has 4 heteroatoms. The predicted molar refractivity (Wildman–Crippen MR) is 80.6 cm³/mol. The van der Waals surface area contributed by atoms with Gasteiger partial charge in [0.25, 0.3) is 5.91 Å². The standard InChI is InChI=1S/C14H22N2OS/c1-16(2)14(17)12-7-6-8-13(11-12)15-9-4-5-10-18-3/h6-8,11,15H,4-5,9-10H2,1-3H3. The summed E-state index contributed by atoms with van der Waals surface area (Å²) >= 11 is 1.88. The zero-order valence-electron chi connectivity index (χ0n) is 11.4. The fourth-order valence-corrected chi connectivity index (χ4v) is 2.12. The van der Waals surface area contributed by atoms with Crippen molar-refractivity contribution in [1.82, 2.24) is 4.90 Å². The van der Waals surface area contributed by atoms with Gasteiger partial charge < -0.3 is 10.2 Å². The van der Waals surface area contributed by atoms with E-state index >= 15 is 0 Å². The van der Waals surface area contributed by atoms with Crippen LogP contribution in [0.25, 0.3) is 0 Å². The van der Waals surface area contributed by atoms with Crippen LogP contribution in [-0.4, -0.2) is 43.5 Å². The summed E-state index contributed by atoms with van der Waals surface area (Å²) in [5.74, 6) is 1.25. The quantitative estimate of drug-likeness (QED) is 0.770. The van der Waals surface area contributed by atoms with E-state index in [1.165, 1.54) is 12.2 Å². The number of nitrogens with zero attached hydrogens (tertiary/aromatic N) is 1. The van der Waals surface area contributed by atoms with Gasteiger partial charge in [-0.25, -0.2) is 0 Å². The predicted octanol–water partition coefficient (Wildman–Crippen LogP) is 2.94. The van der Waals surface area contributed by atoms with E-state index in [9.17, 15) is 4.79 Å². The molecule has 0 unspecified atom stereocenters. The molecule has 1 aromatic carbocycles. The van der Waals surface area contributed by atoms with Crippen LogP contribution < -0.4 is 5.32 Å². The minimum Gasteiger partial charge on any atom is -0.385 e. The lowest BCUT2D eigenvalue weighted by atomic mass is 10.2. The van der Waals surface area contributed by atoms with Crippen LogP contribution in [0, 0.1) is 0 Å². The van der Waals surface area contributed by atoms with Crippen molar-refractivity contribution in [2.45, 2.75) is 12.8 Å². The van der Waals surface area contributed by atoms with Crippen molar-refractivity contribution in [1.29, 1.82) is 0 Å². The second kappa shape index (κ2) is 8.03. The van der Waals surface area contributed by atoms with Gasteiger partial charge in [0.1, 0.15) is 0 Å². The molecule has 1 amide bonds. The third kappa shape index (κ3) is 5.00. The largest absolute Gasteiger partial charge is 0.385 e. The van der Waals surface area contributed by atoms with Gasteiger partial charge >= 0.3 is 0 Å². The summed E-state index contributed by atoms with van der Waals surface area (Å²) in [5, 5.41) is 3.36. The molecule has 0 aliphatic heterocycles. The Labute approximate surface area is 114 Å². The first-order valence-electron chi connectivity index (χ1n) is 6.19. The Kier molecular flexibility index (Phi) is 6.65. The van der Waals surface area contributed by atoms with Crippen LogP contribution in [0.3, 0.4) is 0 Å². The van der Waals surface area contributed by atoms with E-state index in [4.69, 9.17) is 0 Å². The van der Waals surface area contributed by atoms with Gasteiger partial charge in [0.05, 0.1) is 0 Å². The molecule has 3 nitrogen and oxygen atoms in total. The second-order valence-electron chi connectivity index (χ2n) is 4.41.